The van der Waals surface area contributed by atoms with E-state index in [1.165, 1.54) is 12.1 Å². The molecule has 0 fully saturated rings. The summed E-state index contributed by atoms with van der Waals surface area (Å²) in [6.07, 6.45) is 1.03. The second-order valence-corrected chi connectivity index (χ2v) is 4.40. The fourth-order valence-corrected chi connectivity index (χ4v) is 1.67. The zero-order valence-corrected chi connectivity index (χ0v) is 10.8. The molecule has 5 nitrogen and oxygen atoms in total. The number of anilines is 2. The molecule has 0 spiro atoms. The molecule has 1 aromatic carbocycles. The van der Waals surface area contributed by atoms with Crippen LogP contribution in [0, 0.1) is 12.7 Å². The first kappa shape index (κ1) is 12.6. The lowest BCUT2D eigenvalue weighted by atomic mass is 10.2. The van der Waals surface area contributed by atoms with E-state index >= 15 is 0 Å². The number of aromatic nitrogens is 1. The summed E-state index contributed by atoms with van der Waals surface area (Å²) in [4.78, 5) is 14.3. The van der Waals surface area contributed by atoms with Gasteiger partial charge < -0.3 is 14.8 Å². The SMILES string of the molecule is Cc1cc(F)c(Br)cc1Nc1nc(C(=O)O)co1. The monoisotopic (exact) mass is 314 g/mol. The number of benzene rings is 1. The molecule has 1 heterocycles. The predicted octanol–water partition coefficient (Wildman–Crippen LogP) is 3.33. The molecule has 94 valence electrons. The number of aromatic carboxylic acids is 1. The van der Waals surface area contributed by atoms with Crippen LogP contribution in [0.2, 0.25) is 0 Å². The number of oxazole rings is 1. The Balaban J connectivity index is 2.28. The number of hydrogen-bond donors (Lipinski definition) is 2. The maximum Gasteiger partial charge on any atom is 0.357 e. The van der Waals surface area contributed by atoms with E-state index in [-0.39, 0.29) is 17.5 Å². The van der Waals surface area contributed by atoms with Gasteiger partial charge in [0.25, 0.3) is 6.01 Å². The first-order chi connectivity index (χ1) is 8.47. The summed E-state index contributed by atoms with van der Waals surface area (Å²) in [5.41, 5.74) is 1.02. The summed E-state index contributed by atoms with van der Waals surface area (Å²) < 4.78 is 18.5. The van der Waals surface area contributed by atoms with Crippen molar-refractivity contribution in [2.24, 2.45) is 0 Å². The molecule has 2 N–H and O–H groups in total. The van der Waals surface area contributed by atoms with Gasteiger partial charge in [0.15, 0.2) is 5.69 Å². The molecule has 0 aliphatic rings. The van der Waals surface area contributed by atoms with Crippen molar-refractivity contribution < 1.29 is 18.7 Å². The van der Waals surface area contributed by atoms with Crippen LogP contribution >= 0.6 is 15.9 Å². The van der Waals surface area contributed by atoms with Crippen LogP contribution < -0.4 is 5.32 Å². The van der Waals surface area contributed by atoms with Crippen LogP contribution in [0.1, 0.15) is 16.1 Å². The van der Waals surface area contributed by atoms with Crippen LogP contribution in [-0.4, -0.2) is 16.1 Å². The Labute approximate surface area is 110 Å². The first-order valence-corrected chi connectivity index (χ1v) is 5.68. The van der Waals surface area contributed by atoms with Crippen LogP contribution in [0.4, 0.5) is 16.1 Å². The topological polar surface area (TPSA) is 75.4 Å². The van der Waals surface area contributed by atoms with Gasteiger partial charge in [-0.1, -0.05) is 0 Å². The molecule has 0 aliphatic heterocycles. The molecule has 2 aromatic rings. The van der Waals surface area contributed by atoms with Gasteiger partial charge in [-0.15, -0.1) is 0 Å². The number of nitrogens with one attached hydrogen (secondary N) is 1. The second-order valence-electron chi connectivity index (χ2n) is 3.55. The lowest BCUT2D eigenvalue weighted by Crippen LogP contribution is -1.98. The molecule has 7 heteroatoms. The van der Waals surface area contributed by atoms with Gasteiger partial charge in [0.1, 0.15) is 12.1 Å². The Morgan fingerprint density at radius 1 is 1.56 bits per heavy atom. The standard InChI is InChI=1S/C11H8BrFN2O3/c1-5-2-7(13)6(12)3-8(5)14-11-15-9(4-18-11)10(16)17/h2-4H,1H3,(H,14,15)(H,16,17). The highest BCUT2D eigenvalue weighted by Gasteiger charge is 2.12. The van der Waals surface area contributed by atoms with Crippen molar-refractivity contribution in [2.45, 2.75) is 6.92 Å². The molecule has 2 rings (SSSR count). The number of carboxylic acid groups (broad SMARTS) is 1. The number of carbonyl (C=O) groups is 1. The molecule has 0 atom stereocenters. The molecular weight excluding hydrogens is 307 g/mol. The molecular formula is C11H8BrFN2O3. The van der Waals surface area contributed by atoms with Gasteiger partial charge in [-0.3, -0.25) is 0 Å². The van der Waals surface area contributed by atoms with E-state index in [0.717, 1.165) is 6.26 Å². The van der Waals surface area contributed by atoms with Crippen LogP contribution in [0.5, 0.6) is 0 Å². The lowest BCUT2D eigenvalue weighted by Gasteiger charge is -2.07. The Morgan fingerprint density at radius 2 is 2.28 bits per heavy atom. The third-order valence-electron chi connectivity index (χ3n) is 2.23. The molecule has 0 aliphatic carbocycles. The summed E-state index contributed by atoms with van der Waals surface area (Å²) in [5.74, 6) is -1.56. The van der Waals surface area contributed by atoms with Gasteiger partial charge in [-0.2, -0.15) is 4.98 Å². The number of carboxylic acids is 1. The minimum atomic E-state index is -1.18. The Morgan fingerprint density at radius 3 is 2.89 bits per heavy atom. The van der Waals surface area contributed by atoms with Gasteiger partial charge in [0.2, 0.25) is 0 Å². The number of hydrogen-bond acceptors (Lipinski definition) is 4. The highest BCUT2D eigenvalue weighted by Crippen LogP contribution is 2.26. The van der Waals surface area contributed by atoms with Crippen molar-refractivity contribution in [2.75, 3.05) is 5.32 Å². The molecule has 0 amide bonds. The molecule has 0 radical (unpaired) electrons. The average Bonchev–Trinajstić information content (AvgIpc) is 2.74. The van der Waals surface area contributed by atoms with Crippen molar-refractivity contribution in [3.8, 4) is 0 Å². The molecule has 0 bridgehead atoms. The quantitative estimate of drug-likeness (QED) is 0.908. The van der Waals surface area contributed by atoms with Gasteiger partial charge in [-0.25, -0.2) is 9.18 Å². The Bertz CT molecular complexity index is 612. The zero-order valence-electron chi connectivity index (χ0n) is 9.20. The smallest absolute Gasteiger partial charge is 0.357 e. The number of halogens is 2. The highest BCUT2D eigenvalue weighted by atomic mass is 79.9. The second kappa shape index (κ2) is 4.77. The van der Waals surface area contributed by atoms with E-state index in [0.29, 0.717) is 15.7 Å². The van der Waals surface area contributed by atoms with Gasteiger partial charge >= 0.3 is 5.97 Å². The van der Waals surface area contributed by atoms with Crippen molar-refractivity contribution in [3.05, 3.63) is 39.9 Å². The van der Waals surface area contributed by atoms with E-state index in [9.17, 15) is 9.18 Å². The zero-order chi connectivity index (χ0) is 13.3. The van der Waals surface area contributed by atoms with E-state index in [1.54, 1.807) is 6.92 Å². The van der Waals surface area contributed by atoms with E-state index in [1.807, 2.05) is 0 Å². The van der Waals surface area contributed by atoms with Crippen molar-refractivity contribution in [1.29, 1.82) is 0 Å². The van der Waals surface area contributed by atoms with Crippen molar-refractivity contribution in [3.63, 3.8) is 0 Å². The van der Waals surface area contributed by atoms with Gasteiger partial charge in [0, 0.05) is 5.69 Å². The van der Waals surface area contributed by atoms with Crippen LogP contribution in [0.25, 0.3) is 0 Å². The van der Waals surface area contributed by atoms with Crippen molar-refractivity contribution in [1.82, 2.24) is 4.98 Å². The maximum atomic E-state index is 13.2. The van der Waals surface area contributed by atoms with Gasteiger partial charge in [-0.05, 0) is 40.5 Å². The number of rotatable bonds is 3. The average molecular weight is 315 g/mol. The molecule has 0 unspecified atom stereocenters. The van der Waals surface area contributed by atoms with Gasteiger partial charge in [0.05, 0.1) is 4.47 Å². The lowest BCUT2D eigenvalue weighted by molar-refractivity contribution is 0.0690. The summed E-state index contributed by atoms with van der Waals surface area (Å²) >= 11 is 3.06. The molecule has 18 heavy (non-hydrogen) atoms. The molecule has 0 saturated heterocycles. The minimum Gasteiger partial charge on any atom is -0.476 e. The summed E-state index contributed by atoms with van der Waals surface area (Å²) in [6, 6.07) is 2.90. The molecule has 1 aromatic heterocycles. The predicted molar refractivity (Wildman–Crippen MR) is 65.6 cm³/mol. The first-order valence-electron chi connectivity index (χ1n) is 4.89. The Hall–Kier alpha value is -1.89. The Kier molecular flexibility index (Phi) is 3.33. The summed E-state index contributed by atoms with van der Waals surface area (Å²) in [7, 11) is 0. The molecule has 0 saturated carbocycles. The fourth-order valence-electron chi connectivity index (χ4n) is 1.33. The van der Waals surface area contributed by atoms with Crippen LogP contribution in [0.3, 0.4) is 0 Å². The third-order valence-corrected chi connectivity index (χ3v) is 2.84. The largest absolute Gasteiger partial charge is 0.476 e. The number of nitrogens with zero attached hydrogens (tertiary/aromatic N) is 1. The highest BCUT2D eigenvalue weighted by molar-refractivity contribution is 9.10. The van der Waals surface area contributed by atoms with Crippen LogP contribution in [-0.2, 0) is 0 Å². The minimum absolute atomic E-state index is 0.0361. The normalized spacial score (nSPS) is 10.4. The summed E-state index contributed by atoms with van der Waals surface area (Å²) in [6.45, 7) is 1.71. The summed E-state index contributed by atoms with van der Waals surface area (Å²) in [5, 5.41) is 11.5. The van der Waals surface area contributed by atoms with Crippen molar-refractivity contribution >= 4 is 33.6 Å². The third kappa shape index (κ3) is 2.51. The van der Waals surface area contributed by atoms with E-state index in [4.69, 9.17) is 9.52 Å². The van der Waals surface area contributed by atoms with E-state index in [2.05, 4.69) is 26.2 Å². The maximum absolute atomic E-state index is 13.2. The fraction of sp³-hybridized carbons (Fsp3) is 0.0909. The van der Waals surface area contributed by atoms with E-state index < -0.39 is 5.97 Å². The number of aryl methyl sites for hydroxylation is 1. The van der Waals surface area contributed by atoms with Crippen LogP contribution in [0.15, 0.2) is 27.3 Å².